The van der Waals surface area contributed by atoms with Gasteiger partial charge >= 0.3 is 5.97 Å². The van der Waals surface area contributed by atoms with Gasteiger partial charge in [0.25, 0.3) is 0 Å². The van der Waals surface area contributed by atoms with Crippen molar-refractivity contribution in [3.63, 3.8) is 0 Å². The Hall–Kier alpha value is -1.14. The summed E-state index contributed by atoms with van der Waals surface area (Å²) in [6, 6.07) is 0. The minimum atomic E-state index is -1.01. The number of nitrogens with zero attached hydrogens (tertiary/aromatic N) is 1. The average molecular weight is 244 g/mol. The monoisotopic (exact) mass is 244 g/mol. The molecule has 2 N–H and O–H groups in total. The molecule has 6 nitrogen and oxygen atoms in total. The number of hydrogen-bond donors (Lipinski definition) is 2. The summed E-state index contributed by atoms with van der Waals surface area (Å²) in [6.45, 7) is 6.16. The molecular weight excluding hydrogens is 224 g/mol. The Morgan fingerprint density at radius 2 is 2.29 bits per heavy atom. The van der Waals surface area contributed by atoms with Crippen LogP contribution in [0.2, 0.25) is 0 Å². The van der Waals surface area contributed by atoms with Crippen molar-refractivity contribution in [3.05, 3.63) is 0 Å². The number of carboxylic acid groups (broad SMARTS) is 1. The largest absolute Gasteiger partial charge is 0.479 e. The van der Waals surface area contributed by atoms with Gasteiger partial charge in [0.2, 0.25) is 5.91 Å². The summed E-state index contributed by atoms with van der Waals surface area (Å²) in [5.41, 5.74) is 0. The van der Waals surface area contributed by atoms with Crippen LogP contribution in [0.4, 0.5) is 0 Å². The quantitative estimate of drug-likeness (QED) is 0.684. The van der Waals surface area contributed by atoms with Crippen molar-refractivity contribution >= 4 is 11.9 Å². The number of carboxylic acids is 1. The van der Waals surface area contributed by atoms with Crippen LogP contribution in [0.5, 0.6) is 0 Å². The molecule has 1 aliphatic rings. The second-order valence-corrected chi connectivity index (χ2v) is 4.19. The van der Waals surface area contributed by atoms with Crippen LogP contribution in [0, 0.1) is 5.92 Å². The topological polar surface area (TPSA) is 78.9 Å². The SMILES string of the molecule is CCNCC(C)C(=O)N1CCOC(C(=O)O)C1. The second kappa shape index (κ2) is 6.56. The van der Waals surface area contributed by atoms with Crippen LogP contribution < -0.4 is 5.32 Å². The fourth-order valence-electron chi connectivity index (χ4n) is 1.76. The van der Waals surface area contributed by atoms with Gasteiger partial charge < -0.3 is 20.1 Å². The van der Waals surface area contributed by atoms with E-state index in [1.807, 2.05) is 13.8 Å². The van der Waals surface area contributed by atoms with E-state index in [9.17, 15) is 9.59 Å². The van der Waals surface area contributed by atoms with E-state index in [4.69, 9.17) is 9.84 Å². The van der Waals surface area contributed by atoms with E-state index in [1.165, 1.54) is 0 Å². The number of morpholine rings is 1. The molecule has 2 atom stereocenters. The highest BCUT2D eigenvalue weighted by molar-refractivity contribution is 5.80. The second-order valence-electron chi connectivity index (χ2n) is 4.19. The van der Waals surface area contributed by atoms with Crippen molar-refractivity contribution in [1.29, 1.82) is 0 Å². The van der Waals surface area contributed by atoms with E-state index in [2.05, 4.69) is 5.32 Å². The van der Waals surface area contributed by atoms with Crippen molar-refractivity contribution in [3.8, 4) is 0 Å². The Morgan fingerprint density at radius 3 is 2.88 bits per heavy atom. The number of aliphatic carboxylic acids is 1. The Kier molecular flexibility index (Phi) is 5.37. The van der Waals surface area contributed by atoms with Crippen LogP contribution in [-0.2, 0) is 14.3 Å². The maximum absolute atomic E-state index is 12.0. The van der Waals surface area contributed by atoms with Gasteiger partial charge in [0.1, 0.15) is 0 Å². The molecule has 1 saturated heterocycles. The lowest BCUT2D eigenvalue weighted by atomic mass is 10.1. The van der Waals surface area contributed by atoms with E-state index in [-0.39, 0.29) is 25.0 Å². The van der Waals surface area contributed by atoms with E-state index >= 15 is 0 Å². The molecule has 0 aromatic rings. The first-order valence-electron chi connectivity index (χ1n) is 5.90. The predicted octanol–water partition coefficient (Wildman–Crippen LogP) is -0.456. The minimum Gasteiger partial charge on any atom is -0.479 e. The third kappa shape index (κ3) is 3.98. The minimum absolute atomic E-state index is 0.0134. The molecule has 1 aliphatic heterocycles. The maximum atomic E-state index is 12.0. The smallest absolute Gasteiger partial charge is 0.334 e. The van der Waals surface area contributed by atoms with Gasteiger partial charge in [0.15, 0.2) is 6.10 Å². The Morgan fingerprint density at radius 1 is 1.59 bits per heavy atom. The Labute approximate surface area is 101 Å². The molecule has 0 aromatic carbocycles. The molecule has 0 radical (unpaired) electrons. The van der Waals surface area contributed by atoms with Gasteiger partial charge in [0.05, 0.1) is 13.2 Å². The van der Waals surface area contributed by atoms with Crippen LogP contribution in [-0.4, -0.2) is 60.8 Å². The molecule has 0 spiro atoms. The molecule has 2 unspecified atom stereocenters. The third-order valence-corrected chi connectivity index (χ3v) is 2.78. The standard InChI is InChI=1S/C11H20N2O4/c1-3-12-6-8(2)10(14)13-4-5-17-9(7-13)11(15)16/h8-9,12H,3-7H2,1-2H3,(H,15,16). The van der Waals surface area contributed by atoms with E-state index < -0.39 is 12.1 Å². The normalized spacial score (nSPS) is 22.2. The summed E-state index contributed by atoms with van der Waals surface area (Å²) in [6.07, 6.45) is -0.890. The Balaban J connectivity index is 2.48. The van der Waals surface area contributed by atoms with Crippen LogP contribution in [0.15, 0.2) is 0 Å². The highest BCUT2D eigenvalue weighted by atomic mass is 16.5. The zero-order valence-corrected chi connectivity index (χ0v) is 10.3. The lowest BCUT2D eigenvalue weighted by Gasteiger charge is -2.32. The van der Waals surface area contributed by atoms with Crippen LogP contribution >= 0.6 is 0 Å². The summed E-state index contributed by atoms with van der Waals surface area (Å²) in [4.78, 5) is 24.4. The van der Waals surface area contributed by atoms with Gasteiger partial charge in [-0.2, -0.15) is 0 Å². The van der Waals surface area contributed by atoms with Gasteiger partial charge in [0, 0.05) is 19.0 Å². The lowest BCUT2D eigenvalue weighted by molar-refractivity contribution is -0.160. The molecule has 1 heterocycles. The first-order valence-corrected chi connectivity index (χ1v) is 5.90. The maximum Gasteiger partial charge on any atom is 0.334 e. The molecule has 0 aliphatic carbocycles. The molecule has 0 saturated carbocycles. The summed E-state index contributed by atoms with van der Waals surface area (Å²) in [5, 5.41) is 11.9. The molecule has 1 amide bonds. The number of carbonyl (C=O) groups is 2. The average Bonchev–Trinajstić information content (AvgIpc) is 2.35. The zero-order valence-electron chi connectivity index (χ0n) is 10.3. The molecule has 6 heteroatoms. The van der Waals surface area contributed by atoms with Crippen molar-refractivity contribution < 1.29 is 19.4 Å². The van der Waals surface area contributed by atoms with Crippen LogP contribution in [0.1, 0.15) is 13.8 Å². The summed E-state index contributed by atoms with van der Waals surface area (Å²) >= 11 is 0. The van der Waals surface area contributed by atoms with Gasteiger partial charge in [-0.25, -0.2) is 4.79 Å². The molecular formula is C11H20N2O4. The molecule has 1 rings (SSSR count). The predicted molar refractivity (Wildman–Crippen MR) is 61.7 cm³/mol. The number of rotatable bonds is 5. The molecule has 1 fully saturated rings. The van der Waals surface area contributed by atoms with E-state index in [1.54, 1.807) is 4.90 Å². The fraction of sp³-hybridized carbons (Fsp3) is 0.818. The van der Waals surface area contributed by atoms with Gasteiger partial charge in [-0.3, -0.25) is 4.79 Å². The fourth-order valence-corrected chi connectivity index (χ4v) is 1.76. The third-order valence-electron chi connectivity index (χ3n) is 2.78. The molecule has 0 bridgehead atoms. The number of nitrogens with one attached hydrogen (secondary N) is 1. The van der Waals surface area contributed by atoms with Crippen molar-refractivity contribution in [2.45, 2.75) is 20.0 Å². The Bertz CT molecular complexity index is 283. The van der Waals surface area contributed by atoms with E-state index in [0.717, 1.165) is 6.54 Å². The molecule has 17 heavy (non-hydrogen) atoms. The summed E-state index contributed by atoms with van der Waals surface area (Å²) < 4.78 is 5.07. The number of amides is 1. The molecule has 0 aromatic heterocycles. The number of carbonyl (C=O) groups excluding carboxylic acids is 1. The first kappa shape index (κ1) is 13.9. The van der Waals surface area contributed by atoms with Gasteiger partial charge in [-0.15, -0.1) is 0 Å². The van der Waals surface area contributed by atoms with Crippen LogP contribution in [0.3, 0.4) is 0 Å². The van der Waals surface area contributed by atoms with Gasteiger partial charge in [-0.1, -0.05) is 13.8 Å². The van der Waals surface area contributed by atoms with Gasteiger partial charge in [-0.05, 0) is 6.54 Å². The highest BCUT2D eigenvalue weighted by Gasteiger charge is 2.30. The van der Waals surface area contributed by atoms with E-state index in [0.29, 0.717) is 13.1 Å². The zero-order chi connectivity index (χ0) is 12.8. The number of hydrogen-bond acceptors (Lipinski definition) is 4. The van der Waals surface area contributed by atoms with Crippen LogP contribution in [0.25, 0.3) is 0 Å². The summed E-state index contributed by atoms with van der Waals surface area (Å²) in [5.74, 6) is -1.16. The van der Waals surface area contributed by atoms with Crippen molar-refractivity contribution in [2.24, 2.45) is 5.92 Å². The molecule has 98 valence electrons. The summed E-state index contributed by atoms with van der Waals surface area (Å²) in [7, 11) is 0. The van der Waals surface area contributed by atoms with Crippen molar-refractivity contribution in [1.82, 2.24) is 10.2 Å². The van der Waals surface area contributed by atoms with Crippen molar-refractivity contribution in [2.75, 3.05) is 32.8 Å². The number of ether oxygens (including phenoxy) is 1. The first-order chi connectivity index (χ1) is 8.06. The highest BCUT2D eigenvalue weighted by Crippen LogP contribution is 2.09. The lowest BCUT2D eigenvalue weighted by Crippen LogP contribution is -2.50.